The first-order valence-corrected chi connectivity index (χ1v) is 13.8. The number of Topliss-reactive ketones (excluding diaryl/α,β-unsaturated/α-hetero) is 1. The lowest BCUT2D eigenvalue weighted by atomic mass is 10.2. The van der Waals surface area contributed by atoms with Crippen LogP contribution in [0, 0.1) is 0 Å². The molecule has 0 unspecified atom stereocenters. The second kappa shape index (κ2) is 9.16. The summed E-state index contributed by atoms with van der Waals surface area (Å²) in [5.41, 5.74) is 0.120. The second-order valence-corrected chi connectivity index (χ2v) is 13.8. The predicted molar refractivity (Wildman–Crippen MR) is 110 cm³/mol. The van der Waals surface area contributed by atoms with Crippen LogP contribution < -0.4 is 4.18 Å². The molecule has 0 aliphatic rings. The minimum absolute atomic E-state index is 0.120. The van der Waals surface area contributed by atoms with Gasteiger partial charge < -0.3 is 4.18 Å². The lowest BCUT2D eigenvalue weighted by Gasteiger charge is -2.30. The second-order valence-electron chi connectivity index (χ2n) is 7.17. The normalized spacial score (nSPS) is 14.4. The van der Waals surface area contributed by atoms with Crippen molar-refractivity contribution in [2.24, 2.45) is 0 Å². The summed E-state index contributed by atoms with van der Waals surface area (Å²) in [5, 5.41) is -14.2. The van der Waals surface area contributed by atoms with Gasteiger partial charge in [-0.05, 0) is 54.2 Å². The molecular weight excluding hydrogens is 542 g/mol. The number of rotatable bonds is 10. The topological polar surface area (TPSA) is 132 Å². The molecule has 0 amide bonds. The van der Waals surface area contributed by atoms with Gasteiger partial charge in [-0.2, -0.15) is 53.2 Å². The molecule has 0 aliphatic heterocycles. The van der Waals surface area contributed by atoms with Crippen molar-refractivity contribution >= 4 is 41.2 Å². The molecule has 0 saturated heterocycles. The number of alkyl halides is 6. The van der Waals surface area contributed by atoms with Gasteiger partial charge in [-0.25, -0.2) is 0 Å². The van der Waals surface area contributed by atoms with Crippen LogP contribution in [0.4, 0.5) is 26.3 Å². The Morgan fingerprint density at radius 3 is 1.76 bits per heavy atom. The fraction of sp³-hybridized carbons (Fsp3) is 0.412. The average molecular weight is 561 g/mol. The molecule has 0 bridgehead atoms. The summed E-state index contributed by atoms with van der Waals surface area (Å²) in [6.07, 6.45) is 2.38. The summed E-state index contributed by atoms with van der Waals surface area (Å²) >= 11 is 0. The predicted octanol–water partition coefficient (Wildman–Crippen LogP) is 3.59. The summed E-state index contributed by atoms with van der Waals surface area (Å²) in [4.78, 5) is 24.3. The van der Waals surface area contributed by atoms with Gasteiger partial charge in [-0.1, -0.05) is 6.58 Å². The Hall–Kier alpha value is -2.11. The molecule has 1 N–H and O–H groups in total. The summed E-state index contributed by atoms with van der Waals surface area (Å²) in [7, 11) is -16.5. The number of benzene rings is 1. The van der Waals surface area contributed by atoms with Gasteiger partial charge in [0.25, 0.3) is 0 Å². The van der Waals surface area contributed by atoms with E-state index in [-0.39, 0.29) is 10.5 Å². The van der Waals surface area contributed by atoms with Crippen LogP contribution in [-0.2, 0) is 29.8 Å². The molecule has 0 fully saturated rings. The third-order valence-electron chi connectivity index (χ3n) is 4.34. The zero-order chi connectivity index (χ0) is 27.1. The highest BCUT2D eigenvalue weighted by Gasteiger charge is 2.83. The zero-order valence-electron chi connectivity index (χ0n) is 17.5. The first-order valence-electron chi connectivity index (χ1n) is 8.53. The molecule has 0 atom stereocenters. The van der Waals surface area contributed by atoms with Gasteiger partial charge in [0, 0.05) is 0 Å². The van der Waals surface area contributed by atoms with Crippen molar-refractivity contribution in [2.45, 2.75) is 34.7 Å². The third-order valence-corrected chi connectivity index (χ3v) is 9.27. The minimum Gasteiger partial charge on any atom is -0.378 e. The maximum atomic E-state index is 13.9. The van der Waals surface area contributed by atoms with Crippen molar-refractivity contribution in [3.63, 3.8) is 0 Å². The Morgan fingerprint density at radius 1 is 0.941 bits per heavy atom. The van der Waals surface area contributed by atoms with Crippen LogP contribution in [0.5, 0.6) is 5.75 Å². The number of allylic oxidation sites excluding steroid dienone is 1. The Balaban J connectivity index is 3.27. The first kappa shape index (κ1) is 29.9. The van der Waals surface area contributed by atoms with E-state index in [0.717, 1.165) is 12.1 Å². The van der Waals surface area contributed by atoms with E-state index >= 15 is 0 Å². The third kappa shape index (κ3) is 5.26. The van der Waals surface area contributed by atoms with E-state index in [4.69, 9.17) is 4.55 Å². The highest BCUT2D eigenvalue weighted by Crippen LogP contribution is 2.52. The van der Waals surface area contributed by atoms with E-state index in [1.54, 1.807) is 0 Å². The van der Waals surface area contributed by atoms with Gasteiger partial charge in [0.1, 0.15) is 5.75 Å². The largest absolute Gasteiger partial charge is 0.450 e. The highest BCUT2D eigenvalue weighted by atomic mass is 32.3. The zero-order valence-corrected chi connectivity index (χ0v) is 20.0. The number of ketones is 1. The summed E-state index contributed by atoms with van der Waals surface area (Å²) < 4.78 is 137. The quantitative estimate of drug-likeness (QED) is 0.151. The fourth-order valence-electron chi connectivity index (χ4n) is 2.10. The molecular formula is C17H18F6O8S3. The van der Waals surface area contributed by atoms with Crippen LogP contribution in [0.25, 0.3) is 0 Å². The molecule has 0 saturated carbocycles. The van der Waals surface area contributed by atoms with Crippen LogP contribution in [-0.4, -0.2) is 61.2 Å². The van der Waals surface area contributed by atoms with E-state index in [0.29, 0.717) is 12.1 Å². The SMILES string of the molecule is C=C(C)C(=O)CC(=O)S(C)(C)c1ccc(OS(=O)(=O)C(F)(F)C(F)(F)C(F)(F)S(=O)(=O)O)cc1. The molecule has 1 rings (SSSR count). The Bertz CT molecular complexity index is 1210. The van der Waals surface area contributed by atoms with Gasteiger partial charge >= 0.3 is 36.7 Å². The van der Waals surface area contributed by atoms with Crippen molar-refractivity contribution in [1.29, 1.82) is 0 Å². The average Bonchev–Trinajstić information content (AvgIpc) is 2.66. The van der Waals surface area contributed by atoms with Crippen LogP contribution >= 0.6 is 10.0 Å². The van der Waals surface area contributed by atoms with Gasteiger partial charge in [0.15, 0.2) is 10.9 Å². The van der Waals surface area contributed by atoms with Crippen molar-refractivity contribution in [2.75, 3.05) is 12.5 Å². The van der Waals surface area contributed by atoms with E-state index in [1.807, 2.05) is 0 Å². The van der Waals surface area contributed by atoms with E-state index < -0.39 is 69.8 Å². The molecule has 1 aromatic carbocycles. The van der Waals surface area contributed by atoms with Crippen molar-refractivity contribution in [1.82, 2.24) is 0 Å². The standard InChI is InChI=1S/C17H18F6O8S3/c1-10(2)13(24)9-14(25)32(3,4)12-7-5-11(6-8-12)31-34(29,30)17(22,23)15(18,19)16(20,21)33(26,27)28/h5-8H,1,9H2,2-4H3,(H,26,27,28). The van der Waals surface area contributed by atoms with Gasteiger partial charge in [0.2, 0.25) is 0 Å². The van der Waals surface area contributed by atoms with Gasteiger partial charge in [-0.3, -0.25) is 14.1 Å². The number of carbonyl (C=O) groups excluding carboxylic acids is 2. The van der Waals surface area contributed by atoms with Crippen LogP contribution in [0.15, 0.2) is 41.3 Å². The lowest BCUT2D eigenvalue weighted by molar-refractivity contribution is -0.247. The summed E-state index contributed by atoms with van der Waals surface area (Å²) in [6, 6.07) is 3.27. The Labute approximate surface area is 192 Å². The van der Waals surface area contributed by atoms with Crippen LogP contribution in [0.3, 0.4) is 0 Å². The van der Waals surface area contributed by atoms with Crippen LogP contribution in [0.2, 0.25) is 0 Å². The van der Waals surface area contributed by atoms with E-state index in [2.05, 4.69) is 10.8 Å². The molecule has 0 heterocycles. The molecule has 1 aromatic rings. The number of carbonyl (C=O) groups is 2. The van der Waals surface area contributed by atoms with Gasteiger partial charge in [0.05, 0.1) is 6.42 Å². The monoisotopic (exact) mass is 560 g/mol. The summed E-state index contributed by atoms with van der Waals surface area (Å²) in [6.45, 7) is 4.78. The van der Waals surface area contributed by atoms with E-state index in [1.165, 1.54) is 19.4 Å². The van der Waals surface area contributed by atoms with Crippen molar-refractivity contribution in [3.8, 4) is 5.75 Å². The Kier molecular flexibility index (Phi) is 8.06. The summed E-state index contributed by atoms with van der Waals surface area (Å²) in [5.74, 6) is -8.75. The molecule has 8 nitrogen and oxygen atoms in total. The molecule has 0 spiro atoms. The minimum atomic E-state index is -7.16. The molecule has 17 heteroatoms. The van der Waals surface area contributed by atoms with Gasteiger partial charge in [-0.15, -0.1) is 0 Å². The number of hydrogen-bond acceptors (Lipinski definition) is 7. The maximum Gasteiger partial charge on any atom is 0.450 e. The smallest absolute Gasteiger partial charge is 0.378 e. The molecule has 194 valence electrons. The maximum absolute atomic E-state index is 13.9. The van der Waals surface area contributed by atoms with E-state index in [9.17, 15) is 52.8 Å². The van der Waals surface area contributed by atoms with Crippen molar-refractivity contribution < 1.29 is 61.5 Å². The number of hydrogen-bond donors (Lipinski definition) is 1. The van der Waals surface area contributed by atoms with Crippen LogP contribution in [0.1, 0.15) is 13.3 Å². The fourth-order valence-corrected chi connectivity index (χ4v) is 5.10. The molecule has 0 radical (unpaired) electrons. The molecule has 34 heavy (non-hydrogen) atoms. The highest BCUT2D eigenvalue weighted by molar-refractivity contribution is 8.44. The Morgan fingerprint density at radius 2 is 1.38 bits per heavy atom. The molecule has 0 aliphatic carbocycles. The van der Waals surface area contributed by atoms with Crippen molar-refractivity contribution in [3.05, 3.63) is 36.4 Å². The lowest BCUT2D eigenvalue weighted by Crippen LogP contribution is -2.61. The first-order chi connectivity index (χ1) is 14.9. The molecule has 0 aromatic heterocycles. The number of halogens is 6.